The summed E-state index contributed by atoms with van der Waals surface area (Å²) < 4.78 is 56.7. The van der Waals surface area contributed by atoms with Crippen molar-refractivity contribution in [3.8, 4) is 11.1 Å². The molecule has 1 heterocycles. The number of nitrogens with zero attached hydrogens (tertiary/aromatic N) is 1. The van der Waals surface area contributed by atoms with Gasteiger partial charge in [-0.1, -0.05) is 36.4 Å². The molecule has 0 spiro atoms. The number of carbonyl (C=O) groups excluding carboxylic acids is 1. The van der Waals surface area contributed by atoms with E-state index in [1.165, 1.54) is 19.2 Å². The minimum absolute atomic E-state index is 0. The fraction of sp³-hybridized carbons (Fsp3) is 0.480. The topological polar surface area (TPSA) is 95.9 Å². The first kappa shape index (κ1) is 30.1. The molecule has 3 rings (SSSR count). The molecule has 200 valence electrons. The fourth-order valence-electron chi connectivity index (χ4n) is 4.22. The quantitative estimate of drug-likeness (QED) is 0.344. The van der Waals surface area contributed by atoms with Crippen molar-refractivity contribution in [2.24, 2.45) is 0 Å². The molecule has 1 amide bonds. The molecule has 0 radical (unpaired) electrons. The molecule has 1 aliphatic heterocycles. The predicted octanol–water partition coefficient (Wildman–Crippen LogP) is 4.12. The average molecular weight is 547 g/mol. The van der Waals surface area contributed by atoms with Gasteiger partial charge in [-0.25, -0.2) is 22.3 Å². The number of ether oxygens (including phenoxy) is 1. The molecule has 0 saturated carbocycles. The van der Waals surface area contributed by atoms with Crippen LogP contribution in [0.1, 0.15) is 31.7 Å². The van der Waals surface area contributed by atoms with Crippen molar-refractivity contribution in [2.75, 3.05) is 33.4 Å². The number of aryl methyl sites for hydroxylation is 1. The zero-order valence-electron chi connectivity index (χ0n) is 20.4. The number of hydroxylamine groups is 2. The lowest BCUT2D eigenvalue weighted by atomic mass is 9.95. The highest BCUT2D eigenvalue weighted by Crippen LogP contribution is 2.36. The number of hydrogen-bond donors (Lipinski definition) is 2. The summed E-state index contributed by atoms with van der Waals surface area (Å²) in [5, 5.41) is 13.8. The van der Waals surface area contributed by atoms with Crippen LogP contribution in [0.2, 0.25) is 0 Å². The van der Waals surface area contributed by atoms with Crippen molar-refractivity contribution in [2.45, 2.75) is 48.2 Å². The van der Waals surface area contributed by atoms with Crippen molar-refractivity contribution in [3.63, 3.8) is 0 Å². The smallest absolute Gasteiger partial charge is 0.267 e. The van der Waals surface area contributed by atoms with Crippen LogP contribution in [0.15, 0.2) is 53.4 Å². The Morgan fingerprint density at radius 2 is 1.61 bits per heavy atom. The summed E-state index contributed by atoms with van der Waals surface area (Å²) in [6.07, 6.45) is 0.111. The molecular weight excluding hydrogens is 514 g/mol. The lowest BCUT2D eigenvalue weighted by molar-refractivity contribution is -0.171. The first-order chi connectivity index (χ1) is 16.5. The van der Waals surface area contributed by atoms with Gasteiger partial charge in [0.25, 0.3) is 5.91 Å². The highest BCUT2D eigenvalue weighted by molar-refractivity contribution is 7.93. The van der Waals surface area contributed by atoms with Gasteiger partial charge in [0.2, 0.25) is 5.92 Å². The Balaban J connectivity index is 0.00000456. The predicted molar refractivity (Wildman–Crippen MR) is 135 cm³/mol. The lowest BCUT2D eigenvalue weighted by Gasteiger charge is -2.37. The Kier molecular flexibility index (Phi) is 10.4. The molecule has 0 aliphatic carbocycles. The summed E-state index contributed by atoms with van der Waals surface area (Å²) in [5.74, 6) is -3.57. The lowest BCUT2D eigenvalue weighted by Crippen LogP contribution is -2.58. The maximum atomic E-state index is 13.7. The van der Waals surface area contributed by atoms with Crippen LogP contribution in [0.4, 0.5) is 8.78 Å². The van der Waals surface area contributed by atoms with Crippen LogP contribution in [0.5, 0.6) is 0 Å². The number of carbonyl (C=O) groups is 1. The van der Waals surface area contributed by atoms with Crippen LogP contribution in [-0.2, 0) is 25.8 Å². The summed E-state index contributed by atoms with van der Waals surface area (Å²) in [6.45, 7) is 1.50. The van der Waals surface area contributed by atoms with Gasteiger partial charge in [0, 0.05) is 13.5 Å². The summed E-state index contributed by atoms with van der Waals surface area (Å²) in [4.78, 5) is 13.1. The van der Waals surface area contributed by atoms with Gasteiger partial charge in [-0.05, 0) is 68.1 Å². The number of nitrogens with one attached hydrogen (secondary N) is 1. The van der Waals surface area contributed by atoms with Crippen LogP contribution in [0.3, 0.4) is 0 Å². The van der Waals surface area contributed by atoms with Gasteiger partial charge in [-0.3, -0.25) is 10.0 Å². The Hall–Kier alpha value is -2.11. The molecule has 0 unspecified atom stereocenters. The van der Waals surface area contributed by atoms with Crippen LogP contribution in [0.25, 0.3) is 11.1 Å². The van der Waals surface area contributed by atoms with Crippen molar-refractivity contribution < 1.29 is 31.9 Å². The minimum atomic E-state index is -4.12. The van der Waals surface area contributed by atoms with Crippen molar-refractivity contribution in [1.29, 1.82) is 0 Å². The van der Waals surface area contributed by atoms with E-state index in [-0.39, 0.29) is 56.1 Å². The number of benzene rings is 2. The van der Waals surface area contributed by atoms with Crippen molar-refractivity contribution in [3.05, 3.63) is 54.1 Å². The molecule has 11 heteroatoms. The van der Waals surface area contributed by atoms with E-state index in [2.05, 4.69) is 5.32 Å². The van der Waals surface area contributed by atoms with E-state index in [1.807, 2.05) is 12.1 Å². The van der Waals surface area contributed by atoms with E-state index in [4.69, 9.17) is 4.74 Å². The highest BCUT2D eigenvalue weighted by Gasteiger charge is 2.53. The summed E-state index contributed by atoms with van der Waals surface area (Å²) >= 11 is 0. The van der Waals surface area contributed by atoms with E-state index >= 15 is 0 Å². The normalized spacial score (nSPS) is 15.7. The second-order valence-electron chi connectivity index (χ2n) is 8.96. The largest absolute Gasteiger partial charge is 0.383 e. The SMILES string of the molecule is COCCN(O)C(=O)C1(S(=O)(=O)c2ccc(-c3ccc(CCC(C)(F)F)cc3)cc2)CCNCC1.Cl. The van der Waals surface area contributed by atoms with Crippen LogP contribution in [-0.4, -0.2) is 68.6 Å². The zero-order valence-corrected chi connectivity index (χ0v) is 22.0. The third-order valence-corrected chi connectivity index (χ3v) is 8.87. The van der Waals surface area contributed by atoms with Gasteiger partial charge >= 0.3 is 0 Å². The number of hydrogen-bond acceptors (Lipinski definition) is 6. The molecule has 7 nitrogen and oxygen atoms in total. The van der Waals surface area contributed by atoms with Crippen LogP contribution in [0, 0.1) is 0 Å². The number of rotatable bonds is 10. The Bertz CT molecular complexity index is 1100. The summed E-state index contributed by atoms with van der Waals surface area (Å²) in [5.41, 5.74) is 2.36. The van der Waals surface area contributed by atoms with E-state index in [0.717, 1.165) is 23.6 Å². The van der Waals surface area contributed by atoms with Gasteiger partial charge in [0.15, 0.2) is 14.6 Å². The molecule has 1 aliphatic rings. The molecule has 1 saturated heterocycles. The number of methoxy groups -OCH3 is 1. The standard InChI is InChI=1S/C25H32F2N2O5S.ClH/c1-24(26,27)12-11-19-3-5-20(6-4-19)21-7-9-22(10-8-21)35(32,33)25(13-15-28-16-14-25)23(30)29(31)17-18-34-2;/h3-10,28,31H,11-18H2,1-2H3;1H. The van der Waals surface area contributed by atoms with Gasteiger partial charge < -0.3 is 10.1 Å². The Morgan fingerprint density at radius 3 is 2.11 bits per heavy atom. The first-order valence-corrected chi connectivity index (χ1v) is 13.0. The Labute approximate surface area is 217 Å². The summed E-state index contributed by atoms with van der Waals surface area (Å²) in [6, 6.07) is 13.4. The van der Waals surface area contributed by atoms with Gasteiger partial charge in [-0.15, -0.1) is 12.4 Å². The van der Waals surface area contributed by atoms with Crippen molar-refractivity contribution >= 4 is 28.2 Å². The Morgan fingerprint density at radius 1 is 1.08 bits per heavy atom. The van der Waals surface area contributed by atoms with Gasteiger partial charge in [0.05, 0.1) is 18.0 Å². The van der Waals surface area contributed by atoms with E-state index in [0.29, 0.717) is 18.2 Å². The van der Waals surface area contributed by atoms with Crippen LogP contribution < -0.4 is 5.32 Å². The maximum absolute atomic E-state index is 13.7. The molecule has 2 aromatic carbocycles. The first-order valence-electron chi connectivity index (χ1n) is 11.5. The molecule has 0 aromatic heterocycles. The summed E-state index contributed by atoms with van der Waals surface area (Å²) in [7, 11) is -2.70. The minimum Gasteiger partial charge on any atom is -0.383 e. The number of sulfone groups is 1. The highest BCUT2D eigenvalue weighted by atomic mass is 35.5. The number of alkyl halides is 2. The van der Waals surface area contributed by atoms with Crippen LogP contribution >= 0.6 is 12.4 Å². The monoisotopic (exact) mass is 546 g/mol. The van der Waals surface area contributed by atoms with E-state index in [1.54, 1.807) is 24.3 Å². The average Bonchev–Trinajstić information content (AvgIpc) is 2.86. The molecule has 0 atom stereocenters. The third-order valence-electron chi connectivity index (χ3n) is 6.36. The third kappa shape index (κ3) is 6.80. The number of piperidine rings is 1. The number of halogens is 3. The molecular formula is C25H33ClF2N2O5S. The zero-order chi connectivity index (χ0) is 25.7. The second-order valence-corrected chi connectivity index (χ2v) is 11.2. The molecule has 2 N–H and O–H groups in total. The van der Waals surface area contributed by atoms with E-state index < -0.39 is 26.4 Å². The van der Waals surface area contributed by atoms with Crippen molar-refractivity contribution in [1.82, 2.24) is 10.4 Å². The fourth-order valence-corrected chi connectivity index (χ4v) is 6.24. The second kappa shape index (κ2) is 12.4. The van der Waals surface area contributed by atoms with E-state index in [9.17, 15) is 27.2 Å². The molecule has 0 bridgehead atoms. The molecule has 36 heavy (non-hydrogen) atoms. The van der Waals surface area contributed by atoms with Gasteiger partial charge in [-0.2, -0.15) is 0 Å². The molecule has 1 fully saturated rings. The molecule has 2 aromatic rings. The maximum Gasteiger partial charge on any atom is 0.267 e. The van der Waals surface area contributed by atoms with Gasteiger partial charge in [0.1, 0.15) is 0 Å². The number of amides is 1.